The summed E-state index contributed by atoms with van der Waals surface area (Å²) in [5.41, 5.74) is 0.849. The summed E-state index contributed by atoms with van der Waals surface area (Å²) in [5, 5.41) is 2.92. The van der Waals surface area contributed by atoms with Crippen molar-refractivity contribution in [2.75, 3.05) is 19.0 Å². The highest BCUT2D eigenvalue weighted by Crippen LogP contribution is 2.18. The molecule has 0 saturated heterocycles. The minimum Gasteiger partial charge on any atom is -0.461 e. The van der Waals surface area contributed by atoms with Gasteiger partial charge >= 0.3 is 5.97 Å². The molecule has 0 atom stereocenters. The fraction of sp³-hybridized carbons (Fsp3) is 0.300. The average Bonchev–Trinajstić information content (AvgIpc) is 2.71. The highest BCUT2D eigenvalue weighted by atomic mass is 79.9. The lowest BCUT2D eigenvalue weighted by Crippen LogP contribution is -2.04. The molecular weight excluding hydrogens is 288 g/mol. The first-order chi connectivity index (χ1) is 8.15. The van der Waals surface area contributed by atoms with Crippen LogP contribution in [0.4, 0.5) is 5.82 Å². The van der Waals surface area contributed by atoms with Gasteiger partial charge in [-0.25, -0.2) is 14.8 Å². The van der Waals surface area contributed by atoms with Crippen LogP contribution < -0.4 is 5.32 Å². The Kier molecular flexibility index (Phi) is 3.28. The Hall–Kier alpha value is -1.63. The molecule has 2 rings (SSSR count). The third-order valence-corrected chi connectivity index (χ3v) is 2.51. The zero-order chi connectivity index (χ0) is 12.4. The summed E-state index contributed by atoms with van der Waals surface area (Å²) in [7, 11) is 1.74. The van der Waals surface area contributed by atoms with Crippen molar-refractivity contribution >= 4 is 33.4 Å². The molecule has 0 bridgehead atoms. The van der Waals surface area contributed by atoms with E-state index in [1.807, 2.05) is 0 Å². The van der Waals surface area contributed by atoms with E-state index in [1.165, 1.54) is 0 Å². The van der Waals surface area contributed by atoms with Crippen LogP contribution in [0.2, 0.25) is 0 Å². The number of aromatic nitrogens is 3. The molecular formula is C10H11BrN4O2. The number of esters is 1. The fourth-order valence-corrected chi connectivity index (χ4v) is 1.84. The van der Waals surface area contributed by atoms with E-state index in [0.717, 1.165) is 0 Å². The van der Waals surface area contributed by atoms with Gasteiger partial charge in [-0.3, -0.25) is 0 Å². The highest BCUT2D eigenvalue weighted by molar-refractivity contribution is 9.10. The second-order valence-electron chi connectivity index (χ2n) is 3.24. The van der Waals surface area contributed by atoms with Gasteiger partial charge in [0.05, 0.1) is 6.61 Å². The maximum absolute atomic E-state index is 11.5. The number of nitrogens with one attached hydrogen (secondary N) is 1. The molecule has 1 N–H and O–H groups in total. The Morgan fingerprint density at radius 2 is 2.29 bits per heavy atom. The Bertz CT molecular complexity index is 567. The van der Waals surface area contributed by atoms with E-state index in [4.69, 9.17) is 4.74 Å². The lowest BCUT2D eigenvalue weighted by Gasteiger charge is -2.01. The Labute approximate surface area is 106 Å². The van der Waals surface area contributed by atoms with Crippen molar-refractivity contribution in [2.45, 2.75) is 6.92 Å². The van der Waals surface area contributed by atoms with Gasteiger partial charge in [-0.2, -0.15) is 0 Å². The van der Waals surface area contributed by atoms with Crippen LogP contribution in [-0.4, -0.2) is 34.0 Å². The number of hydrogen-bond acceptors (Lipinski definition) is 5. The number of anilines is 1. The normalized spacial score (nSPS) is 10.5. The zero-order valence-corrected chi connectivity index (χ0v) is 11.0. The molecule has 6 nitrogen and oxygen atoms in total. The molecule has 0 aliphatic rings. The topological polar surface area (TPSA) is 68.5 Å². The smallest absolute Gasteiger partial charge is 0.358 e. The molecule has 7 heteroatoms. The summed E-state index contributed by atoms with van der Waals surface area (Å²) >= 11 is 3.29. The molecule has 90 valence electrons. The van der Waals surface area contributed by atoms with Gasteiger partial charge < -0.3 is 14.5 Å². The number of rotatable bonds is 3. The number of ether oxygens (including phenoxy) is 1. The summed E-state index contributed by atoms with van der Waals surface area (Å²) in [5.74, 6) is 0.157. The van der Waals surface area contributed by atoms with Crippen molar-refractivity contribution in [1.29, 1.82) is 0 Å². The first kappa shape index (κ1) is 11.8. The quantitative estimate of drug-likeness (QED) is 0.874. The predicted octanol–water partition coefficient (Wildman–Crippen LogP) is 1.71. The molecule has 0 radical (unpaired) electrons. The molecule has 0 spiro atoms. The molecule has 0 aromatic carbocycles. The standard InChI is InChI=1S/C10H11BrN4O2/c1-3-17-10(16)6-4-15-5-7(11)14-8(12-2)9(15)13-6/h4-5H,3H2,1-2H3,(H,12,14). The van der Waals surface area contributed by atoms with Crippen LogP contribution in [0.3, 0.4) is 0 Å². The second-order valence-corrected chi connectivity index (χ2v) is 4.05. The van der Waals surface area contributed by atoms with Crippen molar-refractivity contribution in [2.24, 2.45) is 0 Å². The van der Waals surface area contributed by atoms with Crippen molar-refractivity contribution in [3.8, 4) is 0 Å². The van der Waals surface area contributed by atoms with E-state index >= 15 is 0 Å². The van der Waals surface area contributed by atoms with E-state index in [2.05, 4.69) is 31.2 Å². The summed E-state index contributed by atoms with van der Waals surface area (Å²) in [4.78, 5) is 19.9. The zero-order valence-electron chi connectivity index (χ0n) is 9.40. The summed E-state index contributed by atoms with van der Waals surface area (Å²) < 4.78 is 7.27. The van der Waals surface area contributed by atoms with Crippen LogP contribution in [0.5, 0.6) is 0 Å². The van der Waals surface area contributed by atoms with Gasteiger partial charge in [0.1, 0.15) is 4.60 Å². The molecule has 17 heavy (non-hydrogen) atoms. The first-order valence-corrected chi connectivity index (χ1v) is 5.85. The van der Waals surface area contributed by atoms with Gasteiger partial charge in [-0.1, -0.05) is 0 Å². The average molecular weight is 299 g/mol. The monoisotopic (exact) mass is 298 g/mol. The van der Waals surface area contributed by atoms with Crippen LogP contribution >= 0.6 is 15.9 Å². The lowest BCUT2D eigenvalue weighted by atomic mass is 10.5. The van der Waals surface area contributed by atoms with E-state index in [1.54, 1.807) is 30.8 Å². The number of imidazole rings is 1. The minimum absolute atomic E-state index is 0.267. The maximum Gasteiger partial charge on any atom is 0.358 e. The third-order valence-electron chi connectivity index (χ3n) is 2.13. The molecule has 0 unspecified atom stereocenters. The molecule has 0 aliphatic heterocycles. The van der Waals surface area contributed by atoms with Gasteiger partial charge in [0.15, 0.2) is 17.2 Å². The predicted molar refractivity (Wildman–Crippen MR) is 66.2 cm³/mol. The van der Waals surface area contributed by atoms with Crippen molar-refractivity contribution in [3.63, 3.8) is 0 Å². The molecule has 0 saturated carbocycles. The van der Waals surface area contributed by atoms with E-state index in [-0.39, 0.29) is 5.69 Å². The lowest BCUT2D eigenvalue weighted by molar-refractivity contribution is 0.0520. The van der Waals surface area contributed by atoms with Crippen molar-refractivity contribution < 1.29 is 9.53 Å². The van der Waals surface area contributed by atoms with Gasteiger partial charge in [0.25, 0.3) is 0 Å². The molecule has 0 aliphatic carbocycles. The number of fused-ring (bicyclic) bond motifs is 1. The number of hydrogen-bond donors (Lipinski definition) is 1. The fourth-order valence-electron chi connectivity index (χ4n) is 1.44. The third kappa shape index (κ3) is 2.23. The molecule has 2 aromatic rings. The van der Waals surface area contributed by atoms with Gasteiger partial charge in [-0.15, -0.1) is 0 Å². The van der Waals surface area contributed by atoms with Crippen molar-refractivity contribution in [3.05, 3.63) is 22.7 Å². The molecule has 2 heterocycles. The molecule has 2 aromatic heterocycles. The minimum atomic E-state index is -0.436. The number of carbonyl (C=O) groups is 1. The molecule has 0 amide bonds. The van der Waals surface area contributed by atoms with Crippen LogP contribution in [0.15, 0.2) is 17.0 Å². The second kappa shape index (κ2) is 4.70. The van der Waals surface area contributed by atoms with Crippen LogP contribution in [0.1, 0.15) is 17.4 Å². The van der Waals surface area contributed by atoms with E-state index < -0.39 is 5.97 Å². The van der Waals surface area contributed by atoms with E-state index in [0.29, 0.717) is 22.7 Å². The number of carbonyl (C=O) groups excluding carboxylic acids is 1. The highest BCUT2D eigenvalue weighted by Gasteiger charge is 2.14. The summed E-state index contributed by atoms with van der Waals surface area (Å²) in [6.07, 6.45) is 3.34. The Morgan fingerprint density at radius 3 is 2.94 bits per heavy atom. The van der Waals surface area contributed by atoms with Crippen LogP contribution in [0, 0.1) is 0 Å². The first-order valence-electron chi connectivity index (χ1n) is 5.05. The van der Waals surface area contributed by atoms with Gasteiger partial charge in [0.2, 0.25) is 0 Å². The Morgan fingerprint density at radius 1 is 1.53 bits per heavy atom. The number of nitrogens with zero attached hydrogens (tertiary/aromatic N) is 3. The number of halogens is 1. The summed E-state index contributed by atoms with van der Waals surface area (Å²) in [6, 6.07) is 0. The Balaban J connectivity index is 2.53. The largest absolute Gasteiger partial charge is 0.461 e. The van der Waals surface area contributed by atoms with Crippen LogP contribution in [0.25, 0.3) is 5.65 Å². The summed E-state index contributed by atoms with van der Waals surface area (Å²) in [6.45, 7) is 2.08. The van der Waals surface area contributed by atoms with Gasteiger partial charge in [-0.05, 0) is 22.9 Å². The SMILES string of the molecule is CCOC(=O)c1cn2cc(Br)nc(NC)c2n1. The van der Waals surface area contributed by atoms with Crippen molar-refractivity contribution in [1.82, 2.24) is 14.4 Å². The van der Waals surface area contributed by atoms with Gasteiger partial charge in [0, 0.05) is 19.4 Å². The maximum atomic E-state index is 11.5. The van der Waals surface area contributed by atoms with E-state index in [9.17, 15) is 4.79 Å². The molecule has 0 fully saturated rings. The van der Waals surface area contributed by atoms with Crippen LogP contribution in [-0.2, 0) is 4.74 Å².